The molecule has 1 saturated carbocycles. The fourth-order valence-corrected chi connectivity index (χ4v) is 2.57. The van der Waals surface area contributed by atoms with Crippen molar-refractivity contribution >= 4 is 17.6 Å². The van der Waals surface area contributed by atoms with Gasteiger partial charge in [0.15, 0.2) is 0 Å². The summed E-state index contributed by atoms with van der Waals surface area (Å²) in [4.78, 5) is 12.0. The van der Waals surface area contributed by atoms with Crippen LogP contribution in [0.5, 0.6) is 0 Å². The standard InChI is InChI=1S/C15H13ClF3NO3/c1-14(2)10(5-11(16)15(17,18)19)12(14)13(21)22-7-9-4-3-8(6-20)23-9/h3-5,10,12H,7H2,1-2H3/t10-,12-/m0/s1. The second-order valence-corrected chi connectivity index (χ2v) is 6.23. The molecular weight excluding hydrogens is 335 g/mol. The molecule has 0 amide bonds. The van der Waals surface area contributed by atoms with Crippen LogP contribution in [-0.4, -0.2) is 12.1 Å². The molecule has 0 aromatic carbocycles. The molecule has 4 nitrogen and oxygen atoms in total. The number of allylic oxidation sites excluding steroid dienone is 2. The van der Waals surface area contributed by atoms with E-state index in [1.165, 1.54) is 12.1 Å². The zero-order valence-electron chi connectivity index (χ0n) is 12.3. The smallest absolute Gasteiger partial charge is 0.426 e. The van der Waals surface area contributed by atoms with Crippen molar-refractivity contribution in [2.45, 2.75) is 26.6 Å². The number of rotatable bonds is 4. The monoisotopic (exact) mass is 347 g/mol. The third-order valence-electron chi connectivity index (χ3n) is 3.89. The van der Waals surface area contributed by atoms with E-state index in [1.807, 2.05) is 0 Å². The number of esters is 1. The molecule has 1 aliphatic carbocycles. The van der Waals surface area contributed by atoms with Crippen molar-refractivity contribution in [3.05, 3.63) is 34.8 Å². The van der Waals surface area contributed by atoms with E-state index in [0.29, 0.717) is 0 Å². The Kier molecular flexibility index (Phi) is 4.49. The van der Waals surface area contributed by atoms with Crippen molar-refractivity contribution in [1.82, 2.24) is 0 Å². The Labute approximate surface area is 135 Å². The lowest BCUT2D eigenvalue weighted by Gasteiger charge is -2.04. The first kappa shape index (κ1) is 17.4. The Bertz CT molecular complexity index is 685. The number of alkyl halides is 3. The summed E-state index contributed by atoms with van der Waals surface area (Å²) in [5.41, 5.74) is -0.663. The van der Waals surface area contributed by atoms with Crippen molar-refractivity contribution in [3.8, 4) is 6.07 Å². The summed E-state index contributed by atoms with van der Waals surface area (Å²) in [7, 11) is 0. The lowest BCUT2D eigenvalue weighted by Crippen LogP contribution is -2.10. The van der Waals surface area contributed by atoms with Crippen LogP contribution < -0.4 is 0 Å². The van der Waals surface area contributed by atoms with Gasteiger partial charge in [-0.1, -0.05) is 31.5 Å². The van der Waals surface area contributed by atoms with Crippen molar-refractivity contribution in [2.24, 2.45) is 17.3 Å². The van der Waals surface area contributed by atoms with E-state index in [2.05, 4.69) is 0 Å². The minimum absolute atomic E-state index is 0.0839. The van der Waals surface area contributed by atoms with Gasteiger partial charge in [-0.2, -0.15) is 18.4 Å². The molecule has 0 bridgehead atoms. The number of nitrogens with zero attached hydrogens (tertiary/aromatic N) is 1. The molecule has 2 rings (SSSR count). The zero-order valence-corrected chi connectivity index (χ0v) is 13.0. The summed E-state index contributed by atoms with van der Waals surface area (Å²) in [5.74, 6) is -1.61. The van der Waals surface area contributed by atoms with Crippen molar-refractivity contribution in [3.63, 3.8) is 0 Å². The summed E-state index contributed by atoms with van der Waals surface area (Å²) in [6, 6.07) is 4.71. The van der Waals surface area contributed by atoms with Gasteiger partial charge in [0, 0.05) is 0 Å². The van der Waals surface area contributed by atoms with Gasteiger partial charge in [-0.3, -0.25) is 4.79 Å². The normalized spacial score (nSPS) is 23.3. The molecule has 1 aliphatic rings. The first-order valence-corrected chi connectivity index (χ1v) is 7.05. The summed E-state index contributed by atoms with van der Waals surface area (Å²) in [5, 5.41) is 7.38. The Morgan fingerprint density at radius 2 is 2.17 bits per heavy atom. The van der Waals surface area contributed by atoms with Crippen molar-refractivity contribution in [1.29, 1.82) is 5.26 Å². The first-order chi connectivity index (χ1) is 10.6. The fourth-order valence-electron chi connectivity index (χ4n) is 2.44. The summed E-state index contributed by atoms with van der Waals surface area (Å²) >= 11 is 5.22. The lowest BCUT2D eigenvalue weighted by molar-refractivity contribution is -0.148. The topological polar surface area (TPSA) is 63.2 Å². The lowest BCUT2D eigenvalue weighted by atomic mass is 10.1. The average Bonchev–Trinajstić information content (AvgIpc) is 2.83. The van der Waals surface area contributed by atoms with Crippen LogP contribution in [0.1, 0.15) is 25.4 Å². The van der Waals surface area contributed by atoms with E-state index in [4.69, 9.17) is 26.0 Å². The van der Waals surface area contributed by atoms with Gasteiger partial charge in [-0.05, 0) is 23.5 Å². The van der Waals surface area contributed by atoms with Crippen LogP contribution >= 0.6 is 11.6 Å². The van der Waals surface area contributed by atoms with Crippen molar-refractivity contribution in [2.75, 3.05) is 0 Å². The molecule has 0 saturated heterocycles. The number of carbonyl (C=O) groups excluding carboxylic acids is 1. The molecule has 0 unspecified atom stereocenters. The van der Waals surface area contributed by atoms with Gasteiger partial charge in [0.2, 0.25) is 5.76 Å². The molecular formula is C15H13ClF3NO3. The third-order valence-corrected chi connectivity index (χ3v) is 4.23. The second-order valence-electron chi connectivity index (χ2n) is 5.82. The quantitative estimate of drug-likeness (QED) is 0.767. The van der Waals surface area contributed by atoms with Gasteiger partial charge in [-0.15, -0.1) is 0 Å². The molecule has 8 heteroatoms. The Morgan fingerprint density at radius 1 is 1.52 bits per heavy atom. The maximum absolute atomic E-state index is 12.5. The van der Waals surface area contributed by atoms with Crippen LogP contribution in [0.25, 0.3) is 0 Å². The molecule has 0 radical (unpaired) electrons. The molecule has 2 atom stereocenters. The maximum Gasteiger partial charge on any atom is 0.426 e. The third kappa shape index (κ3) is 3.70. The van der Waals surface area contributed by atoms with Gasteiger partial charge in [0.25, 0.3) is 0 Å². The van der Waals surface area contributed by atoms with E-state index in [-0.39, 0.29) is 18.1 Å². The van der Waals surface area contributed by atoms with Crippen LogP contribution in [0.4, 0.5) is 13.2 Å². The molecule has 0 aliphatic heterocycles. The molecule has 0 spiro atoms. The van der Waals surface area contributed by atoms with Crippen molar-refractivity contribution < 1.29 is 27.1 Å². The highest BCUT2D eigenvalue weighted by Crippen LogP contribution is 2.60. The number of halogens is 4. The number of hydrogen-bond donors (Lipinski definition) is 0. The minimum Gasteiger partial charge on any atom is -0.457 e. The van der Waals surface area contributed by atoms with Gasteiger partial charge < -0.3 is 9.15 Å². The Hall–Kier alpha value is -1.94. The number of carbonyl (C=O) groups is 1. The molecule has 23 heavy (non-hydrogen) atoms. The van der Waals surface area contributed by atoms with E-state index >= 15 is 0 Å². The number of ether oxygens (including phenoxy) is 1. The first-order valence-electron chi connectivity index (χ1n) is 6.67. The number of furan rings is 1. The molecule has 124 valence electrons. The number of hydrogen-bond acceptors (Lipinski definition) is 4. The minimum atomic E-state index is -4.63. The highest BCUT2D eigenvalue weighted by molar-refractivity contribution is 6.30. The summed E-state index contributed by atoms with van der Waals surface area (Å²) < 4.78 is 47.5. The van der Waals surface area contributed by atoms with Crippen LogP contribution in [0.15, 0.2) is 27.7 Å². The predicted octanol–water partition coefficient (Wildman–Crippen LogP) is 4.15. The molecule has 1 aromatic heterocycles. The Morgan fingerprint density at radius 3 is 2.70 bits per heavy atom. The maximum atomic E-state index is 12.5. The molecule has 0 N–H and O–H groups in total. The highest BCUT2D eigenvalue weighted by Gasteiger charge is 2.62. The van der Waals surface area contributed by atoms with Gasteiger partial charge in [-0.25, -0.2) is 0 Å². The number of nitriles is 1. The predicted molar refractivity (Wildman–Crippen MR) is 74.0 cm³/mol. The van der Waals surface area contributed by atoms with Gasteiger partial charge in [0.1, 0.15) is 23.5 Å². The SMILES string of the molecule is CC1(C)[C@H](C(=O)OCc2ccc(C#N)o2)[C@@H]1C=C(Cl)C(F)(F)F. The van der Waals surface area contributed by atoms with Gasteiger partial charge in [0.05, 0.1) is 5.92 Å². The second kappa shape index (κ2) is 5.93. The fraction of sp³-hybridized carbons (Fsp3) is 0.467. The Balaban J connectivity index is 1.99. The zero-order chi connectivity index (χ0) is 17.4. The highest BCUT2D eigenvalue weighted by atomic mass is 35.5. The largest absolute Gasteiger partial charge is 0.457 e. The summed E-state index contributed by atoms with van der Waals surface area (Å²) in [6.07, 6.45) is -3.77. The average molecular weight is 348 g/mol. The van der Waals surface area contributed by atoms with E-state index in [1.54, 1.807) is 19.9 Å². The molecule has 1 heterocycles. The molecule has 1 fully saturated rings. The molecule has 1 aromatic rings. The van der Waals surface area contributed by atoms with E-state index in [0.717, 1.165) is 6.08 Å². The summed E-state index contributed by atoms with van der Waals surface area (Å²) in [6.45, 7) is 3.15. The van der Waals surface area contributed by atoms with Crippen LogP contribution in [0.3, 0.4) is 0 Å². The van der Waals surface area contributed by atoms with E-state index in [9.17, 15) is 18.0 Å². The van der Waals surface area contributed by atoms with Crippen LogP contribution in [-0.2, 0) is 16.1 Å². The van der Waals surface area contributed by atoms with Crippen LogP contribution in [0, 0.1) is 28.6 Å². The van der Waals surface area contributed by atoms with E-state index < -0.39 is 34.4 Å². The van der Waals surface area contributed by atoms with Crippen LogP contribution in [0.2, 0.25) is 0 Å². The van der Waals surface area contributed by atoms with Gasteiger partial charge >= 0.3 is 12.1 Å².